The number of rotatable bonds is 20. The molecule has 1 unspecified atom stereocenters. The first-order valence-corrected chi connectivity index (χ1v) is 24.4. The van der Waals surface area contributed by atoms with E-state index in [0.29, 0.717) is 125 Å². The van der Waals surface area contributed by atoms with Gasteiger partial charge in [0.15, 0.2) is 11.6 Å². The lowest BCUT2D eigenvalue weighted by Gasteiger charge is -2.36. The Balaban J connectivity index is 0.683. The van der Waals surface area contributed by atoms with Gasteiger partial charge in [-0.2, -0.15) is 5.10 Å². The second-order valence-electron chi connectivity index (χ2n) is 18.4. The number of fused-ring (bicyclic) bond motifs is 2. The van der Waals surface area contributed by atoms with Gasteiger partial charge in [0.05, 0.1) is 67.6 Å². The van der Waals surface area contributed by atoms with Crippen molar-refractivity contribution in [2.45, 2.75) is 50.6 Å². The van der Waals surface area contributed by atoms with Gasteiger partial charge in [-0.15, -0.1) is 0 Å². The number of nitrogens with one attached hydrogen (secondary N) is 5. The number of ether oxygens (including phenoxy) is 3. The molecule has 20 heteroatoms. The number of carbonyl (C=O) groups excluding carboxylic acids is 6. The number of hydrogen-bond donors (Lipinski definition) is 5. The van der Waals surface area contributed by atoms with Gasteiger partial charge in [-0.05, 0) is 97.5 Å². The van der Waals surface area contributed by atoms with Crippen molar-refractivity contribution in [1.82, 2.24) is 25.3 Å². The Morgan fingerprint density at radius 2 is 1.53 bits per heavy atom. The third-order valence-corrected chi connectivity index (χ3v) is 13.3. The lowest BCUT2D eigenvalue weighted by molar-refractivity contribution is -0.132. The molecule has 3 aliphatic heterocycles. The predicted molar refractivity (Wildman–Crippen MR) is 264 cm³/mol. The van der Waals surface area contributed by atoms with Gasteiger partial charge in [0.1, 0.15) is 17.4 Å². The van der Waals surface area contributed by atoms with Crippen LogP contribution in [-0.4, -0.2) is 153 Å². The topological polar surface area (TPSA) is 217 Å². The Labute approximate surface area is 414 Å². The van der Waals surface area contributed by atoms with Crippen molar-refractivity contribution in [3.8, 4) is 0 Å². The molecule has 3 fully saturated rings. The first-order chi connectivity index (χ1) is 34.9. The van der Waals surface area contributed by atoms with Gasteiger partial charge in [0.25, 0.3) is 17.7 Å². The average Bonchev–Trinajstić information content (AvgIpc) is 3.87. The van der Waals surface area contributed by atoms with Crippen molar-refractivity contribution in [3.05, 3.63) is 112 Å². The molecule has 5 N–H and O–H groups in total. The molecule has 4 amide bonds. The molecule has 9 rings (SSSR count). The molecule has 378 valence electrons. The van der Waals surface area contributed by atoms with Crippen LogP contribution in [0.15, 0.2) is 72.8 Å². The highest BCUT2D eigenvalue weighted by atomic mass is 19.1. The van der Waals surface area contributed by atoms with Crippen LogP contribution < -0.4 is 26.2 Å². The largest absolute Gasteiger partial charge is 0.383 e. The first kappa shape index (κ1) is 49.8. The van der Waals surface area contributed by atoms with Crippen molar-refractivity contribution < 1.29 is 51.8 Å². The number of benzene rings is 4. The molecular weight excluding hydrogens is 933 g/mol. The number of nitrogens with zero attached hydrogens (tertiary/aromatic N) is 4. The van der Waals surface area contributed by atoms with E-state index in [4.69, 9.17) is 14.2 Å². The Hall–Kier alpha value is -7.13. The summed E-state index contributed by atoms with van der Waals surface area (Å²) in [4.78, 5) is 82.3. The fourth-order valence-corrected chi connectivity index (χ4v) is 9.56. The summed E-state index contributed by atoms with van der Waals surface area (Å²) in [6.45, 7) is 6.31. The molecule has 0 radical (unpaired) electrons. The quantitative estimate of drug-likeness (QED) is 0.0397. The minimum absolute atomic E-state index is 0.0973. The summed E-state index contributed by atoms with van der Waals surface area (Å²) >= 11 is 0. The summed E-state index contributed by atoms with van der Waals surface area (Å²) in [6.07, 6.45) is 1.94. The minimum atomic E-state index is -0.911. The van der Waals surface area contributed by atoms with Gasteiger partial charge in [0.2, 0.25) is 5.91 Å². The molecule has 4 heterocycles. The number of imide groups is 1. The number of aromatic amines is 1. The highest BCUT2D eigenvalue weighted by Crippen LogP contribution is 2.32. The first-order valence-electron chi connectivity index (χ1n) is 24.4. The van der Waals surface area contributed by atoms with Gasteiger partial charge in [-0.25, -0.2) is 8.78 Å². The Morgan fingerprint density at radius 3 is 2.29 bits per heavy atom. The molecule has 4 aromatic carbocycles. The lowest BCUT2D eigenvalue weighted by Crippen LogP contribution is -2.49. The second-order valence-corrected chi connectivity index (χ2v) is 18.4. The summed E-state index contributed by atoms with van der Waals surface area (Å²) in [5.41, 5.74) is 5.16. The van der Waals surface area contributed by atoms with Crippen LogP contribution in [0.1, 0.15) is 74.3 Å². The molecule has 0 bridgehead atoms. The van der Waals surface area contributed by atoms with Crippen molar-refractivity contribution >= 4 is 69.0 Å². The molecule has 72 heavy (non-hydrogen) atoms. The molecule has 1 saturated carbocycles. The third-order valence-electron chi connectivity index (χ3n) is 13.3. The van der Waals surface area contributed by atoms with Crippen molar-refractivity contribution in [3.63, 3.8) is 0 Å². The number of Topliss-reactive ketones (excluding diaryl/α,β-unsaturated/α-hetero) is 2. The van der Waals surface area contributed by atoms with Crippen LogP contribution in [0, 0.1) is 11.6 Å². The SMILES string of the molecule is O=C1CCC(N2C(=O)c3ccc(NCCOCCOCCNC(=O)CN4CCN(c5ccc(C(=O)Nc6n[nH]c7ccc(Cc8cc(F)cc(F)c8)cc67)c(NC6CCOCC6)c5)CC4)cc3C2=O)C(=O)C1. The maximum atomic E-state index is 14.0. The molecule has 5 aromatic rings. The lowest BCUT2D eigenvalue weighted by atomic mass is 9.92. The molecule has 1 aliphatic carbocycles. The van der Waals surface area contributed by atoms with Crippen LogP contribution in [0.3, 0.4) is 0 Å². The van der Waals surface area contributed by atoms with Gasteiger partial charge in [-0.3, -0.25) is 43.7 Å². The fraction of sp³-hybridized carbons (Fsp3) is 0.404. The van der Waals surface area contributed by atoms with Crippen LogP contribution in [0.25, 0.3) is 10.9 Å². The van der Waals surface area contributed by atoms with E-state index in [2.05, 4.69) is 41.3 Å². The monoisotopic (exact) mass is 989 g/mol. The molecule has 0 spiro atoms. The zero-order valence-corrected chi connectivity index (χ0v) is 39.7. The number of halogens is 2. The molecule has 18 nitrogen and oxygen atoms in total. The van der Waals surface area contributed by atoms with Gasteiger partial charge < -0.3 is 40.4 Å². The zero-order chi connectivity index (χ0) is 50.1. The van der Waals surface area contributed by atoms with Crippen LogP contribution in [0.5, 0.6) is 0 Å². The van der Waals surface area contributed by atoms with E-state index in [9.17, 15) is 37.5 Å². The summed E-state index contributed by atoms with van der Waals surface area (Å²) in [6, 6.07) is 18.8. The molecule has 4 aliphatic rings. The Bertz CT molecular complexity index is 2830. The van der Waals surface area contributed by atoms with E-state index in [-0.39, 0.29) is 60.6 Å². The average molecular weight is 990 g/mol. The van der Waals surface area contributed by atoms with Crippen LogP contribution in [-0.2, 0) is 35.0 Å². The standard InChI is InChI=1S/C52H57F2N9O9/c53-34-24-33(25-35(54)27-34)23-32-1-7-44-43(26-32)49(60-59-44)58-50(67)41-6-3-38(29-45(41)57-36-9-17-70-18-10-36)62-15-13-61(14-16-62)31-48(66)56-12-20-72-22-21-71-19-11-55-37-2-5-40-42(28-37)52(69)63(51(40)68)46-8-4-39(64)30-47(46)65/h1-3,5-7,24-29,36,46,55,57H,4,8-23,30-31H2,(H,56,66)(H2,58,59,60,67). The highest BCUT2D eigenvalue weighted by Gasteiger charge is 2.44. The smallest absolute Gasteiger partial charge is 0.262 e. The van der Waals surface area contributed by atoms with Crippen molar-refractivity contribution in [2.24, 2.45) is 0 Å². The van der Waals surface area contributed by atoms with Gasteiger partial charge >= 0.3 is 0 Å². The number of H-pyrrole nitrogens is 1. The Kier molecular flexibility index (Phi) is 15.9. The number of anilines is 4. The highest BCUT2D eigenvalue weighted by molar-refractivity contribution is 6.24. The van der Waals surface area contributed by atoms with Crippen molar-refractivity contribution in [1.29, 1.82) is 0 Å². The van der Waals surface area contributed by atoms with Gasteiger partial charge in [0, 0.05) is 93.5 Å². The fourth-order valence-electron chi connectivity index (χ4n) is 9.56. The number of ketones is 2. The zero-order valence-electron chi connectivity index (χ0n) is 39.7. The molecule has 2 saturated heterocycles. The third kappa shape index (κ3) is 12.1. The normalized spacial score (nSPS) is 17.7. The minimum Gasteiger partial charge on any atom is -0.383 e. The number of piperazine rings is 1. The van der Waals surface area contributed by atoms with E-state index >= 15 is 0 Å². The van der Waals surface area contributed by atoms with E-state index in [1.807, 2.05) is 36.4 Å². The van der Waals surface area contributed by atoms with Crippen LogP contribution in [0.2, 0.25) is 0 Å². The van der Waals surface area contributed by atoms with Crippen LogP contribution >= 0.6 is 0 Å². The number of hydrogen-bond acceptors (Lipinski definition) is 14. The maximum absolute atomic E-state index is 14.0. The summed E-state index contributed by atoms with van der Waals surface area (Å²) in [5.74, 6) is -3.03. The predicted octanol–water partition coefficient (Wildman–Crippen LogP) is 4.95. The van der Waals surface area contributed by atoms with Gasteiger partial charge in [-0.1, -0.05) is 6.07 Å². The van der Waals surface area contributed by atoms with E-state index < -0.39 is 35.3 Å². The van der Waals surface area contributed by atoms with E-state index in [0.717, 1.165) is 35.1 Å². The number of carbonyl (C=O) groups is 6. The molecule has 1 atom stereocenters. The summed E-state index contributed by atoms with van der Waals surface area (Å²) in [7, 11) is 0. The van der Waals surface area contributed by atoms with E-state index in [1.54, 1.807) is 18.2 Å². The second kappa shape index (κ2) is 23.0. The van der Waals surface area contributed by atoms with Crippen molar-refractivity contribution in [2.75, 3.05) is 106 Å². The van der Waals surface area contributed by atoms with E-state index in [1.165, 1.54) is 12.1 Å². The number of amides is 4. The Morgan fingerprint density at radius 1 is 0.778 bits per heavy atom. The van der Waals surface area contributed by atoms with Crippen LogP contribution in [0.4, 0.5) is 31.7 Å². The molecule has 1 aromatic heterocycles. The maximum Gasteiger partial charge on any atom is 0.262 e. The summed E-state index contributed by atoms with van der Waals surface area (Å²) in [5, 5.41) is 20.7. The summed E-state index contributed by atoms with van der Waals surface area (Å²) < 4.78 is 44.7. The number of aromatic nitrogens is 2. The molecular formula is C52H57F2N9O9.